The maximum Gasteiger partial charge on any atom is 0.309 e. The van der Waals surface area contributed by atoms with Crippen LogP contribution in [0.15, 0.2) is 12.1 Å². The molecule has 2 rings (SSSR count). The number of aliphatic hydroxyl groups is 1. The first kappa shape index (κ1) is 18.9. The smallest absolute Gasteiger partial charge is 0.309 e. The lowest BCUT2D eigenvalue weighted by molar-refractivity contribution is -0.139. The van der Waals surface area contributed by atoms with Gasteiger partial charge in [-0.1, -0.05) is 12.8 Å². The van der Waals surface area contributed by atoms with Gasteiger partial charge in [0.15, 0.2) is 0 Å². The summed E-state index contributed by atoms with van der Waals surface area (Å²) in [6.07, 6.45) is 3.70. The normalized spacial score (nSPS) is 17.5. The molecular formula is C17H26N2O4S. The highest BCUT2D eigenvalue weighted by Gasteiger charge is 2.37. The number of carbonyl (C=O) groups is 2. The summed E-state index contributed by atoms with van der Waals surface area (Å²) < 4.78 is 4.84. The topological polar surface area (TPSA) is 87.7 Å². The van der Waals surface area contributed by atoms with Gasteiger partial charge < -0.3 is 20.5 Å². The van der Waals surface area contributed by atoms with Gasteiger partial charge in [0.25, 0.3) is 0 Å². The number of methoxy groups -OCH3 is 1. The molecule has 1 aliphatic rings. The van der Waals surface area contributed by atoms with Crippen LogP contribution in [-0.4, -0.2) is 43.7 Å². The molecular weight excluding hydrogens is 328 g/mol. The van der Waals surface area contributed by atoms with E-state index in [2.05, 4.69) is 10.6 Å². The summed E-state index contributed by atoms with van der Waals surface area (Å²) in [5.41, 5.74) is -0.125. The number of hydrogen-bond acceptors (Lipinski definition) is 5. The first-order chi connectivity index (χ1) is 11.5. The van der Waals surface area contributed by atoms with Crippen molar-refractivity contribution in [3.8, 4) is 0 Å². The molecule has 134 valence electrons. The molecule has 1 saturated carbocycles. The Morgan fingerprint density at radius 1 is 1.29 bits per heavy atom. The van der Waals surface area contributed by atoms with Gasteiger partial charge in [-0.05, 0) is 31.9 Å². The van der Waals surface area contributed by atoms with Gasteiger partial charge >= 0.3 is 11.8 Å². The number of ether oxygens (including phenoxy) is 1. The zero-order valence-corrected chi connectivity index (χ0v) is 15.1. The van der Waals surface area contributed by atoms with Gasteiger partial charge in [-0.25, -0.2) is 0 Å². The minimum atomic E-state index is -0.629. The largest absolute Gasteiger partial charge is 0.388 e. The van der Waals surface area contributed by atoms with Crippen LogP contribution in [0.25, 0.3) is 0 Å². The SMILES string of the molecule is COCCNC(=O)C(=O)NCC1(c2ccc(C(C)O)s2)CCCC1. The number of thiophene rings is 1. The third-order valence-corrected chi connectivity index (χ3v) is 6.01. The van der Waals surface area contributed by atoms with Crippen molar-refractivity contribution in [2.75, 3.05) is 26.8 Å². The summed E-state index contributed by atoms with van der Waals surface area (Å²) in [6, 6.07) is 3.99. The van der Waals surface area contributed by atoms with Crippen molar-refractivity contribution in [2.45, 2.75) is 44.1 Å². The van der Waals surface area contributed by atoms with Crippen molar-refractivity contribution >= 4 is 23.2 Å². The van der Waals surface area contributed by atoms with Crippen LogP contribution < -0.4 is 10.6 Å². The Labute approximate surface area is 146 Å². The monoisotopic (exact) mass is 354 g/mol. The molecule has 0 radical (unpaired) electrons. The molecule has 1 atom stereocenters. The van der Waals surface area contributed by atoms with Crippen molar-refractivity contribution in [1.82, 2.24) is 10.6 Å². The van der Waals surface area contributed by atoms with Gasteiger partial charge in [0.2, 0.25) is 0 Å². The van der Waals surface area contributed by atoms with Crippen LogP contribution >= 0.6 is 11.3 Å². The molecule has 0 aromatic carbocycles. The van der Waals surface area contributed by atoms with Crippen molar-refractivity contribution < 1.29 is 19.4 Å². The molecule has 1 unspecified atom stereocenters. The minimum Gasteiger partial charge on any atom is -0.388 e. The predicted octanol–water partition coefficient (Wildman–Crippen LogP) is 1.49. The molecule has 0 aliphatic heterocycles. The zero-order valence-electron chi connectivity index (χ0n) is 14.3. The molecule has 1 heterocycles. The van der Waals surface area contributed by atoms with Crippen LogP contribution in [-0.2, 0) is 19.7 Å². The first-order valence-electron chi connectivity index (χ1n) is 8.32. The van der Waals surface area contributed by atoms with Crippen molar-refractivity contribution in [2.24, 2.45) is 0 Å². The molecule has 1 fully saturated rings. The molecule has 2 amide bonds. The minimum absolute atomic E-state index is 0.125. The molecule has 1 aromatic heterocycles. The quantitative estimate of drug-likeness (QED) is 0.511. The number of nitrogens with one attached hydrogen (secondary N) is 2. The van der Waals surface area contributed by atoms with Crippen molar-refractivity contribution in [3.05, 3.63) is 21.9 Å². The highest BCUT2D eigenvalue weighted by molar-refractivity contribution is 7.12. The fraction of sp³-hybridized carbons (Fsp3) is 0.647. The van der Waals surface area contributed by atoms with Gasteiger partial charge in [0.1, 0.15) is 0 Å². The Balaban J connectivity index is 1.98. The van der Waals surface area contributed by atoms with E-state index in [0.717, 1.165) is 30.6 Å². The highest BCUT2D eigenvalue weighted by Crippen LogP contribution is 2.44. The maximum atomic E-state index is 12.0. The van der Waals surface area contributed by atoms with E-state index < -0.39 is 17.9 Å². The summed E-state index contributed by atoms with van der Waals surface area (Å²) in [5.74, 6) is -1.24. The van der Waals surface area contributed by atoms with E-state index in [1.807, 2.05) is 12.1 Å². The third kappa shape index (κ3) is 4.55. The van der Waals surface area contributed by atoms with Crippen LogP contribution in [0.2, 0.25) is 0 Å². The molecule has 0 spiro atoms. The Kier molecular flexibility index (Phi) is 6.77. The van der Waals surface area contributed by atoms with Crippen LogP contribution in [0.3, 0.4) is 0 Å². The number of hydrogen-bond donors (Lipinski definition) is 3. The van der Waals surface area contributed by atoms with E-state index in [1.165, 1.54) is 4.88 Å². The van der Waals surface area contributed by atoms with Crippen molar-refractivity contribution in [3.63, 3.8) is 0 Å². The second-order valence-electron chi connectivity index (χ2n) is 6.30. The summed E-state index contributed by atoms with van der Waals surface area (Å²) in [5, 5.41) is 15.0. The van der Waals surface area contributed by atoms with Crippen molar-refractivity contribution in [1.29, 1.82) is 0 Å². The fourth-order valence-corrected chi connectivity index (χ4v) is 4.29. The van der Waals surface area contributed by atoms with E-state index in [9.17, 15) is 14.7 Å². The summed E-state index contributed by atoms with van der Waals surface area (Å²) >= 11 is 1.60. The van der Waals surface area contributed by atoms with Gasteiger partial charge in [-0.3, -0.25) is 9.59 Å². The average Bonchev–Trinajstić information content (AvgIpc) is 3.22. The maximum absolute atomic E-state index is 12.0. The molecule has 6 nitrogen and oxygen atoms in total. The average molecular weight is 354 g/mol. The summed E-state index contributed by atoms with van der Waals surface area (Å²) in [7, 11) is 1.54. The Hall–Kier alpha value is -1.44. The van der Waals surface area contributed by atoms with E-state index in [1.54, 1.807) is 25.4 Å². The molecule has 0 bridgehead atoms. The summed E-state index contributed by atoms with van der Waals surface area (Å²) in [4.78, 5) is 25.8. The van der Waals surface area contributed by atoms with Gasteiger partial charge in [-0.15, -0.1) is 11.3 Å². The van der Waals surface area contributed by atoms with E-state index >= 15 is 0 Å². The molecule has 1 aliphatic carbocycles. The molecule has 3 N–H and O–H groups in total. The van der Waals surface area contributed by atoms with Gasteiger partial charge in [0.05, 0.1) is 12.7 Å². The zero-order chi connectivity index (χ0) is 17.6. The Morgan fingerprint density at radius 2 is 1.96 bits per heavy atom. The number of carbonyl (C=O) groups excluding carboxylic acids is 2. The Bertz CT molecular complexity index is 565. The van der Waals surface area contributed by atoms with Crippen LogP contribution in [0, 0.1) is 0 Å². The van der Waals surface area contributed by atoms with Crippen LogP contribution in [0.4, 0.5) is 0 Å². The fourth-order valence-electron chi connectivity index (χ4n) is 3.10. The molecule has 7 heteroatoms. The Morgan fingerprint density at radius 3 is 2.54 bits per heavy atom. The first-order valence-corrected chi connectivity index (χ1v) is 9.13. The molecule has 24 heavy (non-hydrogen) atoms. The number of rotatable bonds is 7. The highest BCUT2D eigenvalue weighted by atomic mass is 32.1. The lowest BCUT2D eigenvalue weighted by Crippen LogP contribution is -2.45. The second kappa shape index (κ2) is 8.60. The summed E-state index contributed by atoms with van der Waals surface area (Å²) in [6.45, 7) is 2.89. The lowest BCUT2D eigenvalue weighted by atomic mass is 9.84. The standard InChI is InChI=1S/C17H26N2O4S/c1-12(20)13-5-6-14(24-13)17(7-3-4-8-17)11-19-16(22)15(21)18-9-10-23-2/h5-6,12,20H,3-4,7-11H2,1-2H3,(H,18,21)(H,19,22). The van der Waals surface area contributed by atoms with Crippen LogP contribution in [0.5, 0.6) is 0 Å². The predicted molar refractivity (Wildman–Crippen MR) is 93.0 cm³/mol. The molecule has 1 aromatic rings. The van der Waals surface area contributed by atoms with E-state index in [4.69, 9.17) is 4.74 Å². The molecule has 0 saturated heterocycles. The third-order valence-electron chi connectivity index (χ3n) is 4.51. The number of amides is 2. The van der Waals surface area contributed by atoms with E-state index in [-0.39, 0.29) is 5.41 Å². The van der Waals surface area contributed by atoms with Gasteiger partial charge in [-0.2, -0.15) is 0 Å². The van der Waals surface area contributed by atoms with E-state index in [0.29, 0.717) is 19.7 Å². The van der Waals surface area contributed by atoms with Gasteiger partial charge in [0, 0.05) is 35.4 Å². The second-order valence-corrected chi connectivity index (χ2v) is 7.41. The lowest BCUT2D eigenvalue weighted by Gasteiger charge is -2.28. The van der Waals surface area contributed by atoms with Crippen LogP contribution in [0.1, 0.15) is 48.5 Å². The number of aliphatic hydroxyl groups excluding tert-OH is 1.